The van der Waals surface area contributed by atoms with Gasteiger partial charge in [0.25, 0.3) is 11.4 Å². The number of ether oxygens (including phenoxy) is 1. The first-order valence-corrected chi connectivity index (χ1v) is 7.89. The summed E-state index contributed by atoms with van der Waals surface area (Å²) in [6.45, 7) is 6.91. The van der Waals surface area contributed by atoms with Crippen molar-refractivity contribution in [3.8, 4) is 0 Å². The number of quaternary nitrogens is 1. The Kier molecular flexibility index (Phi) is 4.50. The van der Waals surface area contributed by atoms with Crippen LogP contribution in [0.15, 0.2) is 0 Å². The van der Waals surface area contributed by atoms with Gasteiger partial charge in [0.1, 0.15) is 11.7 Å². The van der Waals surface area contributed by atoms with Crippen molar-refractivity contribution in [3.05, 3.63) is 10.2 Å². The molecule has 2 rings (SSSR count). The number of aromatic nitrogens is 2. The van der Waals surface area contributed by atoms with Crippen molar-refractivity contribution < 1.29 is 4.74 Å². The third kappa shape index (κ3) is 3.32. The first-order valence-electron chi connectivity index (χ1n) is 6.67. The Balaban J connectivity index is 2.29. The lowest BCUT2D eigenvalue weighted by molar-refractivity contribution is 0.0962. The summed E-state index contributed by atoms with van der Waals surface area (Å²) in [4.78, 5) is 1.91. The summed E-state index contributed by atoms with van der Waals surface area (Å²) in [7, 11) is 3.55. The molecule has 1 aliphatic rings. The Labute approximate surface area is 134 Å². The van der Waals surface area contributed by atoms with E-state index in [4.69, 9.17) is 17.0 Å². The second-order valence-corrected chi connectivity index (χ2v) is 7.55. The average Bonchev–Trinajstić information content (AvgIpc) is 2.95. The van der Waals surface area contributed by atoms with Gasteiger partial charge in [0.05, 0.1) is 6.54 Å². The molecule has 0 saturated carbocycles. The Morgan fingerprint density at radius 2 is 2.19 bits per heavy atom. The fraction of sp³-hybridized carbons (Fsp3) is 0.750. The van der Waals surface area contributed by atoms with Gasteiger partial charge < -0.3 is 15.3 Å². The van der Waals surface area contributed by atoms with E-state index in [1.54, 1.807) is 7.05 Å². The normalized spacial score (nSPS) is 26.9. The maximum atomic E-state index is 13.2. The number of thiocarbonyl (C=S) groups is 1. The van der Waals surface area contributed by atoms with E-state index in [2.05, 4.69) is 15.5 Å². The molecule has 2 unspecified atom stereocenters. The maximum absolute atomic E-state index is 13.2. The summed E-state index contributed by atoms with van der Waals surface area (Å²) in [6, 6.07) is 0. The Morgan fingerprint density at radius 1 is 1.52 bits per heavy atom. The minimum atomic E-state index is -0.675. The van der Waals surface area contributed by atoms with Crippen LogP contribution in [0, 0.1) is 5.21 Å². The molecule has 0 aromatic carbocycles. The van der Waals surface area contributed by atoms with Gasteiger partial charge in [-0.2, -0.15) is 0 Å². The SMILES string of the molecule is CNC(=S)OC1CN(C)C[N+]1([O-])c1nnc(C(C)(C)C)s1. The van der Waals surface area contributed by atoms with Gasteiger partial charge in [0.2, 0.25) is 0 Å². The largest absolute Gasteiger partial charge is 0.622 e. The highest BCUT2D eigenvalue weighted by molar-refractivity contribution is 7.80. The minimum Gasteiger partial charge on any atom is -0.622 e. The van der Waals surface area contributed by atoms with Gasteiger partial charge in [-0.25, -0.2) is 4.90 Å². The molecule has 7 nitrogen and oxygen atoms in total. The molecular weight excluding hydrogens is 310 g/mol. The molecular formula is C12H21N5O2S2. The smallest absolute Gasteiger partial charge is 0.310 e. The lowest BCUT2D eigenvalue weighted by Crippen LogP contribution is -2.51. The average molecular weight is 331 g/mol. The predicted molar refractivity (Wildman–Crippen MR) is 87.8 cm³/mol. The van der Waals surface area contributed by atoms with E-state index in [0.29, 0.717) is 11.7 Å². The molecule has 1 saturated heterocycles. The minimum absolute atomic E-state index is 0.128. The van der Waals surface area contributed by atoms with Gasteiger partial charge >= 0.3 is 5.13 Å². The van der Waals surface area contributed by atoms with Crippen LogP contribution in [0.1, 0.15) is 25.8 Å². The van der Waals surface area contributed by atoms with Gasteiger partial charge in [-0.3, -0.25) is 4.65 Å². The zero-order chi connectivity index (χ0) is 15.8. The van der Waals surface area contributed by atoms with Crippen molar-refractivity contribution in [1.82, 2.24) is 25.1 Å². The van der Waals surface area contributed by atoms with Crippen molar-refractivity contribution in [3.63, 3.8) is 0 Å². The number of hydroxylamine groups is 2. The number of hydrogen-bond acceptors (Lipinski definition) is 7. The summed E-state index contributed by atoms with van der Waals surface area (Å²) < 4.78 is 4.90. The number of nitrogens with zero attached hydrogens (tertiary/aromatic N) is 4. The van der Waals surface area contributed by atoms with Crippen LogP contribution in [0.3, 0.4) is 0 Å². The van der Waals surface area contributed by atoms with Crippen molar-refractivity contribution in [2.45, 2.75) is 32.4 Å². The van der Waals surface area contributed by atoms with Crippen LogP contribution in [0.5, 0.6) is 0 Å². The zero-order valence-electron chi connectivity index (χ0n) is 12.9. The summed E-state index contributed by atoms with van der Waals surface area (Å²) in [6.07, 6.45) is -0.629. The van der Waals surface area contributed by atoms with Crippen molar-refractivity contribution in [2.75, 3.05) is 27.3 Å². The van der Waals surface area contributed by atoms with E-state index < -0.39 is 10.9 Å². The van der Waals surface area contributed by atoms with Crippen LogP contribution >= 0.6 is 23.6 Å². The van der Waals surface area contributed by atoms with Crippen LogP contribution in [0.25, 0.3) is 0 Å². The monoisotopic (exact) mass is 331 g/mol. The van der Waals surface area contributed by atoms with Crippen LogP contribution in [-0.2, 0) is 10.2 Å². The highest BCUT2D eigenvalue weighted by atomic mass is 32.1. The predicted octanol–water partition coefficient (Wildman–Crippen LogP) is 1.39. The van der Waals surface area contributed by atoms with E-state index in [9.17, 15) is 5.21 Å². The summed E-state index contributed by atoms with van der Waals surface area (Å²) in [5.74, 6) is 0. The van der Waals surface area contributed by atoms with Crippen molar-refractivity contribution in [1.29, 1.82) is 0 Å². The van der Waals surface area contributed by atoms with Gasteiger partial charge in [-0.1, -0.05) is 25.9 Å². The quantitative estimate of drug-likeness (QED) is 0.499. The fourth-order valence-corrected chi connectivity index (χ4v) is 3.15. The van der Waals surface area contributed by atoms with Gasteiger partial charge in [0.15, 0.2) is 0 Å². The maximum Gasteiger partial charge on any atom is 0.310 e. The molecule has 2 heterocycles. The van der Waals surface area contributed by atoms with Crippen molar-refractivity contribution >= 4 is 33.9 Å². The molecule has 118 valence electrons. The first-order chi connectivity index (χ1) is 9.66. The van der Waals surface area contributed by atoms with E-state index in [1.165, 1.54) is 11.3 Å². The van der Waals surface area contributed by atoms with E-state index in [-0.39, 0.29) is 17.3 Å². The summed E-state index contributed by atoms with van der Waals surface area (Å²) >= 11 is 6.36. The van der Waals surface area contributed by atoms with Gasteiger partial charge in [-0.05, 0) is 30.6 Å². The van der Waals surface area contributed by atoms with E-state index in [1.807, 2.05) is 32.7 Å². The summed E-state index contributed by atoms with van der Waals surface area (Å²) in [5.41, 5.74) is -0.128. The molecule has 0 amide bonds. The molecule has 0 spiro atoms. The highest BCUT2D eigenvalue weighted by Gasteiger charge is 2.45. The molecule has 1 aliphatic heterocycles. The van der Waals surface area contributed by atoms with Gasteiger partial charge in [-0.15, -0.1) is 5.10 Å². The molecule has 2 atom stereocenters. The van der Waals surface area contributed by atoms with Crippen LogP contribution < -0.4 is 9.96 Å². The van der Waals surface area contributed by atoms with Gasteiger partial charge in [0, 0.05) is 12.5 Å². The zero-order valence-corrected chi connectivity index (χ0v) is 14.5. The molecule has 0 aliphatic carbocycles. The second kappa shape index (κ2) is 5.73. The molecule has 1 fully saturated rings. The lowest BCUT2D eigenvalue weighted by Gasteiger charge is -2.38. The topological polar surface area (TPSA) is 73.3 Å². The fourth-order valence-electron chi connectivity index (χ4n) is 2.07. The standard InChI is InChI=1S/C12H21N5O2S2/c1-12(2,3)9-14-15-10(21-9)17(18)7-16(5)6-8(17)19-11(20)13-4/h8H,6-7H2,1-5H3,(H,13,20). The molecule has 1 N–H and O–H groups in total. The number of hydrogen-bond donors (Lipinski definition) is 1. The second-order valence-electron chi connectivity index (χ2n) is 6.23. The number of rotatable bonds is 2. The van der Waals surface area contributed by atoms with E-state index in [0.717, 1.165) is 5.01 Å². The lowest BCUT2D eigenvalue weighted by atomic mass is 9.98. The Hall–Kier alpha value is -0.870. The van der Waals surface area contributed by atoms with Crippen LogP contribution in [0.2, 0.25) is 0 Å². The number of likely N-dealkylation sites (N-methyl/N-ethyl adjacent to an activating group) is 1. The highest BCUT2D eigenvalue weighted by Crippen LogP contribution is 2.37. The third-order valence-corrected chi connectivity index (χ3v) is 4.97. The molecule has 1 aromatic heterocycles. The molecule has 0 radical (unpaired) electrons. The first kappa shape index (κ1) is 16.5. The van der Waals surface area contributed by atoms with E-state index >= 15 is 0 Å². The van der Waals surface area contributed by atoms with Crippen molar-refractivity contribution in [2.24, 2.45) is 0 Å². The Morgan fingerprint density at radius 3 is 2.71 bits per heavy atom. The summed E-state index contributed by atoms with van der Waals surface area (Å²) in [5, 5.41) is 25.7. The number of nitrogens with one attached hydrogen (secondary N) is 1. The molecule has 21 heavy (non-hydrogen) atoms. The molecule has 9 heteroatoms. The third-order valence-electron chi connectivity index (χ3n) is 3.21. The molecule has 0 bridgehead atoms. The van der Waals surface area contributed by atoms with Crippen LogP contribution in [-0.4, -0.2) is 53.8 Å². The van der Waals surface area contributed by atoms with Crippen LogP contribution in [0.4, 0.5) is 5.13 Å². The molecule has 1 aromatic rings. The Bertz CT molecular complexity index is 530.